The zero-order valence-corrected chi connectivity index (χ0v) is 19.6. The van der Waals surface area contributed by atoms with E-state index in [0.717, 1.165) is 43.2 Å². The van der Waals surface area contributed by atoms with Crippen LogP contribution >= 0.6 is 0 Å². The second kappa shape index (κ2) is 11.7. The molecule has 2 aromatic rings. The van der Waals surface area contributed by atoms with Gasteiger partial charge in [0, 0.05) is 12.6 Å². The summed E-state index contributed by atoms with van der Waals surface area (Å²) in [5, 5.41) is 3.17. The highest BCUT2D eigenvalue weighted by molar-refractivity contribution is 5.88. The van der Waals surface area contributed by atoms with Crippen molar-refractivity contribution in [3.63, 3.8) is 0 Å². The Morgan fingerprint density at radius 3 is 2.22 bits per heavy atom. The number of carbonyl (C=O) groups excluding carboxylic acids is 2. The molecule has 1 aliphatic carbocycles. The SMILES string of the molecule is CCc1ccc(OCC(=O)N(Cc2ccc(C)cc2)C(CC)C(=O)NC2CCCC2)cc1. The minimum absolute atomic E-state index is 0.0628. The van der Waals surface area contributed by atoms with E-state index in [1.54, 1.807) is 4.90 Å². The molecule has 0 bridgehead atoms. The van der Waals surface area contributed by atoms with Crippen molar-refractivity contribution >= 4 is 11.8 Å². The Labute approximate surface area is 192 Å². The van der Waals surface area contributed by atoms with Crippen LogP contribution in [0.2, 0.25) is 0 Å². The van der Waals surface area contributed by atoms with E-state index < -0.39 is 6.04 Å². The number of nitrogens with one attached hydrogen (secondary N) is 1. The van der Waals surface area contributed by atoms with Crippen molar-refractivity contribution in [1.82, 2.24) is 10.2 Å². The third-order valence-corrected chi connectivity index (χ3v) is 6.25. The van der Waals surface area contributed by atoms with E-state index in [1.807, 2.05) is 62.4 Å². The molecule has 1 unspecified atom stereocenters. The molecule has 1 atom stereocenters. The number of amides is 2. The first-order valence-electron chi connectivity index (χ1n) is 11.9. The molecule has 1 fully saturated rings. The van der Waals surface area contributed by atoms with Crippen molar-refractivity contribution in [3.05, 3.63) is 65.2 Å². The molecule has 172 valence electrons. The lowest BCUT2D eigenvalue weighted by Crippen LogP contribution is -2.52. The quantitative estimate of drug-likeness (QED) is 0.582. The molecular formula is C27H36N2O3. The monoisotopic (exact) mass is 436 g/mol. The third-order valence-electron chi connectivity index (χ3n) is 6.25. The van der Waals surface area contributed by atoms with E-state index in [2.05, 4.69) is 12.2 Å². The van der Waals surface area contributed by atoms with E-state index in [-0.39, 0.29) is 24.5 Å². The molecule has 2 amide bonds. The van der Waals surface area contributed by atoms with Gasteiger partial charge in [0.05, 0.1) is 0 Å². The van der Waals surface area contributed by atoms with E-state index in [9.17, 15) is 9.59 Å². The summed E-state index contributed by atoms with van der Waals surface area (Å²) < 4.78 is 5.79. The number of ether oxygens (including phenoxy) is 1. The van der Waals surface area contributed by atoms with Gasteiger partial charge in [-0.05, 0) is 55.9 Å². The van der Waals surface area contributed by atoms with E-state index in [0.29, 0.717) is 18.7 Å². The van der Waals surface area contributed by atoms with Crippen LogP contribution in [0.3, 0.4) is 0 Å². The summed E-state index contributed by atoms with van der Waals surface area (Å²) in [5.41, 5.74) is 3.39. The number of hydrogen-bond donors (Lipinski definition) is 1. The number of rotatable bonds is 10. The maximum atomic E-state index is 13.3. The minimum Gasteiger partial charge on any atom is -0.484 e. The first kappa shape index (κ1) is 23.8. The van der Waals surface area contributed by atoms with Gasteiger partial charge in [-0.15, -0.1) is 0 Å². The van der Waals surface area contributed by atoms with Crippen LogP contribution in [0.1, 0.15) is 62.6 Å². The number of hydrogen-bond acceptors (Lipinski definition) is 3. The smallest absolute Gasteiger partial charge is 0.261 e. The highest BCUT2D eigenvalue weighted by atomic mass is 16.5. The molecule has 2 aromatic carbocycles. The van der Waals surface area contributed by atoms with Gasteiger partial charge in [0.25, 0.3) is 5.91 Å². The largest absolute Gasteiger partial charge is 0.484 e. The number of benzene rings is 2. The number of nitrogens with zero attached hydrogens (tertiary/aromatic N) is 1. The lowest BCUT2D eigenvalue weighted by Gasteiger charge is -2.31. The Morgan fingerprint density at radius 2 is 1.62 bits per heavy atom. The van der Waals surface area contributed by atoms with Crippen LogP contribution in [0.4, 0.5) is 0 Å². The average Bonchev–Trinajstić information content (AvgIpc) is 3.32. The van der Waals surface area contributed by atoms with Gasteiger partial charge in [0.15, 0.2) is 6.61 Å². The number of carbonyl (C=O) groups is 2. The van der Waals surface area contributed by atoms with Crippen molar-refractivity contribution in [1.29, 1.82) is 0 Å². The predicted molar refractivity (Wildman–Crippen MR) is 128 cm³/mol. The lowest BCUT2D eigenvalue weighted by molar-refractivity contribution is -0.143. The Balaban J connectivity index is 1.73. The molecule has 5 nitrogen and oxygen atoms in total. The van der Waals surface area contributed by atoms with Crippen LogP contribution in [0.25, 0.3) is 0 Å². The second-order valence-corrected chi connectivity index (χ2v) is 8.71. The molecule has 1 N–H and O–H groups in total. The summed E-state index contributed by atoms with van der Waals surface area (Å²) in [6.07, 6.45) is 5.85. The number of aryl methyl sites for hydroxylation is 2. The van der Waals surface area contributed by atoms with Gasteiger partial charge in [0.1, 0.15) is 11.8 Å². The Hall–Kier alpha value is -2.82. The highest BCUT2D eigenvalue weighted by Gasteiger charge is 2.30. The summed E-state index contributed by atoms with van der Waals surface area (Å²) >= 11 is 0. The van der Waals surface area contributed by atoms with E-state index in [4.69, 9.17) is 4.74 Å². The third kappa shape index (κ3) is 6.59. The van der Waals surface area contributed by atoms with Gasteiger partial charge < -0.3 is 15.0 Å². The van der Waals surface area contributed by atoms with E-state index >= 15 is 0 Å². The Kier molecular flexibility index (Phi) is 8.72. The fraction of sp³-hybridized carbons (Fsp3) is 0.481. The maximum absolute atomic E-state index is 13.3. The standard InChI is InChI=1S/C27H36N2O3/c1-4-21-14-16-24(17-15-21)32-19-26(30)29(18-22-12-10-20(3)11-13-22)25(5-2)27(31)28-23-8-6-7-9-23/h10-17,23,25H,4-9,18-19H2,1-3H3,(H,28,31). The zero-order valence-electron chi connectivity index (χ0n) is 19.6. The van der Waals surface area contributed by atoms with Crippen LogP contribution < -0.4 is 10.1 Å². The van der Waals surface area contributed by atoms with Gasteiger partial charge in [0.2, 0.25) is 5.91 Å². The molecule has 0 spiro atoms. The Morgan fingerprint density at radius 1 is 1.00 bits per heavy atom. The molecule has 0 radical (unpaired) electrons. The fourth-order valence-electron chi connectivity index (χ4n) is 4.23. The summed E-state index contributed by atoms with van der Waals surface area (Å²) in [5.74, 6) is 0.417. The minimum atomic E-state index is -0.518. The molecule has 0 saturated heterocycles. The van der Waals surface area contributed by atoms with Crippen LogP contribution in [0.5, 0.6) is 5.75 Å². The molecule has 0 aliphatic heterocycles. The van der Waals surface area contributed by atoms with Gasteiger partial charge in [-0.1, -0.05) is 68.7 Å². The molecule has 1 aliphatic rings. The highest BCUT2D eigenvalue weighted by Crippen LogP contribution is 2.20. The summed E-state index contributed by atoms with van der Waals surface area (Å²) in [7, 11) is 0. The summed E-state index contributed by atoms with van der Waals surface area (Å²) in [4.78, 5) is 28.1. The van der Waals surface area contributed by atoms with Gasteiger partial charge in [-0.25, -0.2) is 0 Å². The molecule has 3 rings (SSSR count). The molecule has 0 heterocycles. The maximum Gasteiger partial charge on any atom is 0.261 e. The van der Waals surface area contributed by atoms with Gasteiger partial charge >= 0.3 is 0 Å². The van der Waals surface area contributed by atoms with Crippen LogP contribution in [-0.4, -0.2) is 35.4 Å². The second-order valence-electron chi connectivity index (χ2n) is 8.71. The zero-order chi connectivity index (χ0) is 22.9. The predicted octanol–water partition coefficient (Wildman–Crippen LogP) is 4.80. The summed E-state index contributed by atoms with van der Waals surface area (Å²) in [6.45, 7) is 6.38. The van der Waals surface area contributed by atoms with Crippen molar-refractivity contribution in [2.45, 2.75) is 77.9 Å². The molecule has 32 heavy (non-hydrogen) atoms. The molecule has 1 saturated carbocycles. The van der Waals surface area contributed by atoms with Crippen molar-refractivity contribution in [2.75, 3.05) is 6.61 Å². The normalized spacial score (nSPS) is 14.7. The van der Waals surface area contributed by atoms with Crippen molar-refractivity contribution < 1.29 is 14.3 Å². The van der Waals surface area contributed by atoms with Gasteiger partial charge in [-0.2, -0.15) is 0 Å². The van der Waals surface area contributed by atoms with Crippen LogP contribution in [0, 0.1) is 6.92 Å². The lowest BCUT2D eigenvalue weighted by atomic mass is 10.1. The molecular weight excluding hydrogens is 400 g/mol. The van der Waals surface area contributed by atoms with E-state index in [1.165, 1.54) is 5.56 Å². The van der Waals surface area contributed by atoms with Crippen LogP contribution in [0.15, 0.2) is 48.5 Å². The molecule has 5 heteroatoms. The summed E-state index contributed by atoms with van der Waals surface area (Å²) in [6, 6.07) is 15.6. The van der Waals surface area contributed by atoms with Crippen molar-refractivity contribution in [3.8, 4) is 5.75 Å². The molecule has 0 aromatic heterocycles. The first-order valence-corrected chi connectivity index (χ1v) is 11.9. The van der Waals surface area contributed by atoms with Gasteiger partial charge in [-0.3, -0.25) is 9.59 Å². The van der Waals surface area contributed by atoms with Crippen molar-refractivity contribution in [2.24, 2.45) is 0 Å². The average molecular weight is 437 g/mol. The van der Waals surface area contributed by atoms with Crippen LogP contribution in [-0.2, 0) is 22.6 Å². The Bertz CT molecular complexity index is 871. The topological polar surface area (TPSA) is 58.6 Å². The fourth-order valence-corrected chi connectivity index (χ4v) is 4.23. The first-order chi connectivity index (χ1) is 15.5.